The molecule has 2 aliphatic rings. The SMILES string of the molecule is COC1CCCC1NC1CCOCC1. The molecule has 2 rings (SSSR count). The van der Waals surface area contributed by atoms with Crippen LogP contribution in [-0.2, 0) is 9.47 Å². The van der Waals surface area contributed by atoms with Crippen LogP contribution >= 0.6 is 0 Å². The van der Waals surface area contributed by atoms with Crippen molar-refractivity contribution in [3.63, 3.8) is 0 Å². The Bertz CT molecular complexity index is 169. The summed E-state index contributed by atoms with van der Waals surface area (Å²) < 4.78 is 10.8. The van der Waals surface area contributed by atoms with Crippen LogP contribution in [-0.4, -0.2) is 38.5 Å². The normalized spacial score (nSPS) is 34.9. The zero-order valence-corrected chi connectivity index (χ0v) is 9.00. The van der Waals surface area contributed by atoms with Gasteiger partial charge in [0.15, 0.2) is 0 Å². The van der Waals surface area contributed by atoms with E-state index in [9.17, 15) is 0 Å². The maximum absolute atomic E-state index is 5.47. The molecule has 2 atom stereocenters. The van der Waals surface area contributed by atoms with Gasteiger partial charge >= 0.3 is 0 Å². The third kappa shape index (κ3) is 2.47. The molecule has 1 N–H and O–H groups in total. The molecule has 14 heavy (non-hydrogen) atoms. The number of rotatable bonds is 3. The minimum Gasteiger partial charge on any atom is -0.381 e. The van der Waals surface area contributed by atoms with E-state index in [1.807, 2.05) is 7.11 Å². The highest BCUT2D eigenvalue weighted by molar-refractivity contribution is 4.87. The smallest absolute Gasteiger partial charge is 0.0724 e. The summed E-state index contributed by atoms with van der Waals surface area (Å²) in [6.07, 6.45) is 6.56. The van der Waals surface area contributed by atoms with Crippen LogP contribution in [0.3, 0.4) is 0 Å². The van der Waals surface area contributed by atoms with Crippen LogP contribution in [0.2, 0.25) is 0 Å². The van der Waals surface area contributed by atoms with E-state index >= 15 is 0 Å². The number of ether oxygens (including phenoxy) is 2. The van der Waals surface area contributed by atoms with Crippen molar-refractivity contribution in [1.82, 2.24) is 5.32 Å². The Kier molecular flexibility index (Phi) is 3.79. The van der Waals surface area contributed by atoms with Gasteiger partial charge in [-0.3, -0.25) is 0 Å². The lowest BCUT2D eigenvalue weighted by Gasteiger charge is -2.29. The van der Waals surface area contributed by atoms with Crippen molar-refractivity contribution in [2.45, 2.75) is 50.3 Å². The first-order chi connectivity index (χ1) is 6.90. The molecule has 0 bridgehead atoms. The summed E-state index contributed by atoms with van der Waals surface area (Å²) in [5.41, 5.74) is 0. The van der Waals surface area contributed by atoms with Gasteiger partial charge in [0.25, 0.3) is 0 Å². The fraction of sp³-hybridized carbons (Fsp3) is 1.00. The molecule has 82 valence electrons. The summed E-state index contributed by atoms with van der Waals surface area (Å²) in [5, 5.41) is 3.71. The summed E-state index contributed by atoms with van der Waals surface area (Å²) >= 11 is 0. The maximum atomic E-state index is 5.47. The van der Waals surface area contributed by atoms with E-state index in [0.717, 1.165) is 26.1 Å². The molecule has 2 unspecified atom stereocenters. The molecule has 0 aromatic heterocycles. The minimum absolute atomic E-state index is 0.442. The Hall–Kier alpha value is -0.120. The Morgan fingerprint density at radius 2 is 1.93 bits per heavy atom. The Labute approximate surface area is 86.2 Å². The van der Waals surface area contributed by atoms with E-state index in [4.69, 9.17) is 9.47 Å². The van der Waals surface area contributed by atoms with E-state index in [-0.39, 0.29) is 0 Å². The second-order valence-electron chi connectivity index (χ2n) is 4.36. The molecule has 1 saturated heterocycles. The predicted molar refractivity (Wildman–Crippen MR) is 55.4 cm³/mol. The van der Waals surface area contributed by atoms with Crippen LogP contribution in [0.4, 0.5) is 0 Å². The number of methoxy groups -OCH3 is 1. The zero-order valence-electron chi connectivity index (χ0n) is 9.00. The predicted octanol–water partition coefficient (Wildman–Crippen LogP) is 1.32. The van der Waals surface area contributed by atoms with Crippen molar-refractivity contribution in [2.75, 3.05) is 20.3 Å². The van der Waals surface area contributed by atoms with E-state index in [1.165, 1.54) is 19.3 Å². The van der Waals surface area contributed by atoms with Gasteiger partial charge in [0.1, 0.15) is 0 Å². The van der Waals surface area contributed by atoms with Crippen LogP contribution in [0.15, 0.2) is 0 Å². The molecule has 0 aromatic carbocycles. The van der Waals surface area contributed by atoms with Gasteiger partial charge in [-0.1, -0.05) is 0 Å². The van der Waals surface area contributed by atoms with Gasteiger partial charge in [-0.15, -0.1) is 0 Å². The number of nitrogens with one attached hydrogen (secondary N) is 1. The van der Waals surface area contributed by atoms with Crippen LogP contribution in [0.25, 0.3) is 0 Å². The first-order valence-electron chi connectivity index (χ1n) is 5.76. The lowest BCUT2D eigenvalue weighted by molar-refractivity contribution is 0.0524. The van der Waals surface area contributed by atoms with Crippen molar-refractivity contribution in [3.05, 3.63) is 0 Å². The fourth-order valence-corrected chi connectivity index (χ4v) is 2.57. The summed E-state index contributed by atoms with van der Waals surface area (Å²) in [6.45, 7) is 1.84. The van der Waals surface area contributed by atoms with Gasteiger partial charge in [0.2, 0.25) is 0 Å². The van der Waals surface area contributed by atoms with Crippen molar-refractivity contribution in [2.24, 2.45) is 0 Å². The lowest BCUT2D eigenvalue weighted by atomic mass is 10.1. The van der Waals surface area contributed by atoms with Crippen molar-refractivity contribution in [1.29, 1.82) is 0 Å². The first-order valence-corrected chi connectivity index (χ1v) is 5.76. The fourth-order valence-electron chi connectivity index (χ4n) is 2.57. The topological polar surface area (TPSA) is 30.5 Å². The molecule has 3 heteroatoms. The van der Waals surface area contributed by atoms with E-state index in [2.05, 4.69) is 5.32 Å². The molecule has 1 aliphatic heterocycles. The average Bonchev–Trinajstić information content (AvgIpc) is 2.67. The van der Waals surface area contributed by atoms with Crippen LogP contribution in [0.5, 0.6) is 0 Å². The third-order valence-electron chi connectivity index (χ3n) is 3.43. The highest BCUT2D eigenvalue weighted by atomic mass is 16.5. The van der Waals surface area contributed by atoms with E-state index in [0.29, 0.717) is 18.2 Å². The molecule has 0 radical (unpaired) electrons. The standard InChI is InChI=1S/C11H21NO2/c1-13-11-4-2-3-10(11)12-9-5-7-14-8-6-9/h9-12H,2-8H2,1H3. The molecular weight excluding hydrogens is 178 g/mol. The van der Waals surface area contributed by atoms with E-state index in [1.54, 1.807) is 0 Å². The van der Waals surface area contributed by atoms with Crippen molar-refractivity contribution in [3.8, 4) is 0 Å². The minimum atomic E-state index is 0.442. The van der Waals surface area contributed by atoms with Gasteiger partial charge in [0, 0.05) is 32.4 Å². The molecule has 0 amide bonds. The molecule has 1 heterocycles. The lowest BCUT2D eigenvalue weighted by Crippen LogP contribution is -2.45. The van der Waals surface area contributed by atoms with Gasteiger partial charge in [0.05, 0.1) is 6.10 Å². The largest absolute Gasteiger partial charge is 0.381 e. The Balaban J connectivity index is 1.77. The van der Waals surface area contributed by atoms with Crippen molar-refractivity contribution < 1.29 is 9.47 Å². The molecule has 0 spiro atoms. The van der Waals surface area contributed by atoms with Gasteiger partial charge in [-0.05, 0) is 32.1 Å². The highest BCUT2D eigenvalue weighted by Gasteiger charge is 2.29. The van der Waals surface area contributed by atoms with Gasteiger partial charge in [-0.2, -0.15) is 0 Å². The monoisotopic (exact) mass is 199 g/mol. The molecule has 0 aromatic rings. The quantitative estimate of drug-likeness (QED) is 0.743. The van der Waals surface area contributed by atoms with Gasteiger partial charge < -0.3 is 14.8 Å². The Morgan fingerprint density at radius 3 is 2.64 bits per heavy atom. The number of hydrogen-bond donors (Lipinski definition) is 1. The Morgan fingerprint density at radius 1 is 1.14 bits per heavy atom. The zero-order chi connectivity index (χ0) is 9.80. The van der Waals surface area contributed by atoms with Crippen LogP contribution in [0, 0.1) is 0 Å². The maximum Gasteiger partial charge on any atom is 0.0724 e. The summed E-state index contributed by atoms with van der Waals surface area (Å²) in [5.74, 6) is 0. The second-order valence-corrected chi connectivity index (χ2v) is 4.36. The average molecular weight is 199 g/mol. The molecule has 1 aliphatic carbocycles. The molecular formula is C11H21NO2. The summed E-state index contributed by atoms with van der Waals surface area (Å²) in [4.78, 5) is 0. The highest BCUT2D eigenvalue weighted by Crippen LogP contribution is 2.23. The first kappa shape index (κ1) is 10.4. The number of hydrogen-bond acceptors (Lipinski definition) is 3. The molecule has 1 saturated carbocycles. The van der Waals surface area contributed by atoms with Crippen molar-refractivity contribution >= 4 is 0 Å². The third-order valence-corrected chi connectivity index (χ3v) is 3.43. The van der Waals surface area contributed by atoms with Crippen LogP contribution in [0.1, 0.15) is 32.1 Å². The van der Waals surface area contributed by atoms with Crippen LogP contribution < -0.4 is 5.32 Å². The second kappa shape index (κ2) is 5.10. The summed E-state index contributed by atoms with van der Waals surface area (Å²) in [6, 6.07) is 1.24. The van der Waals surface area contributed by atoms with E-state index < -0.39 is 0 Å². The molecule has 3 nitrogen and oxygen atoms in total. The van der Waals surface area contributed by atoms with Gasteiger partial charge in [-0.25, -0.2) is 0 Å². The summed E-state index contributed by atoms with van der Waals surface area (Å²) in [7, 11) is 1.83. The molecule has 2 fully saturated rings.